The average Bonchev–Trinajstić information content (AvgIpc) is 3.43. The van der Waals surface area contributed by atoms with Crippen LogP contribution >= 0.6 is 0 Å². The number of amides is 1. The molecule has 0 aliphatic carbocycles. The number of aryl methyl sites for hydroxylation is 1. The number of carbonyl (C=O) groups excluding carboxylic acids is 3. The molecule has 5 rings (SSSR count). The summed E-state index contributed by atoms with van der Waals surface area (Å²) in [5.74, 6) is -2.37. The number of anilines is 1. The molecule has 0 fully saturated rings. The average molecular weight is 482 g/mol. The first-order valence-corrected chi connectivity index (χ1v) is 11.5. The van der Waals surface area contributed by atoms with Gasteiger partial charge in [-0.3, -0.25) is 14.5 Å². The van der Waals surface area contributed by atoms with Gasteiger partial charge in [0.1, 0.15) is 5.58 Å². The maximum atomic E-state index is 13.7. The van der Waals surface area contributed by atoms with E-state index in [9.17, 15) is 19.5 Å². The van der Waals surface area contributed by atoms with E-state index in [0.29, 0.717) is 22.4 Å². The number of hydrogen-bond donors (Lipinski definition) is 1. The van der Waals surface area contributed by atoms with Crippen molar-refractivity contribution >= 4 is 34.3 Å². The van der Waals surface area contributed by atoms with Gasteiger partial charge in [-0.25, -0.2) is 4.79 Å². The standard InChI is InChI=1S/C29H23NO6/c1-3-35-29(34)18-12-14-20(15-13-18)30-25(21-10-6-4-8-17(21)2)24(27(32)28(30)33)26(31)23-16-19-9-5-7-11-22(19)36-23/h4-16,25,32H,3H2,1-2H3. The van der Waals surface area contributed by atoms with Crippen molar-refractivity contribution in [1.82, 2.24) is 0 Å². The van der Waals surface area contributed by atoms with Crippen LogP contribution in [0.1, 0.15) is 45.0 Å². The van der Waals surface area contributed by atoms with Crippen LogP contribution in [0.5, 0.6) is 0 Å². The molecule has 180 valence electrons. The number of carbonyl (C=O) groups is 3. The largest absolute Gasteiger partial charge is 0.503 e. The second-order valence-electron chi connectivity index (χ2n) is 8.44. The van der Waals surface area contributed by atoms with Gasteiger partial charge in [0.05, 0.1) is 23.8 Å². The maximum absolute atomic E-state index is 13.7. The minimum atomic E-state index is -0.896. The Morgan fingerprint density at radius 2 is 1.69 bits per heavy atom. The highest BCUT2D eigenvalue weighted by Gasteiger charge is 2.45. The number of fused-ring (bicyclic) bond motifs is 1. The summed E-state index contributed by atoms with van der Waals surface area (Å²) in [4.78, 5) is 40.5. The Labute approximate surface area is 207 Å². The van der Waals surface area contributed by atoms with Crippen LogP contribution in [0.2, 0.25) is 0 Å². The van der Waals surface area contributed by atoms with Crippen molar-refractivity contribution in [2.24, 2.45) is 0 Å². The highest BCUT2D eigenvalue weighted by molar-refractivity contribution is 6.20. The SMILES string of the molecule is CCOC(=O)c1ccc(N2C(=O)C(O)=C(C(=O)c3cc4ccccc4o3)C2c2ccccc2C)cc1. The second kappa shape index (κ2) is 9.19. The zero-order chi connectivity index (χ0) is 25.4. The van der Waals surface area contributed by atoms with Crippen molar-refractivity contribution in [2.45, 2.75) is 19.9 Å². The zero-order valence-corrected chi connectivity index (χ0v) is 19.7. The van der Waals surface area contributed by atoms with Gasteiger partial charge < -0.3 is 14.3 Å². The van der Waals surface area contributed by atoms with E-state index in [1.807, 2.05) is 43.3 Å². The zero-order valence-electron chi connectivity index (χ0n) is 19.7. The monoisotopic (exact) mass is 481 g/mol. The molecule has 0 saturated carbocycles. The number of furan rings is 1. The number of hydrogen-bond acceptors (Lipinski definition) is 6. The fourth-order valence-electron chi connectivity index (χ4n) is 4.49. The third-order valence-electron chi connectivity index (χ3n) is 6.24. The molecule has 1 amide bonds. The Bertz CT molecular complexity index is 1500. The fraction of sp³-hybridized carbons (Fsp3) is 0.138. The number of benzene rings is 3. The predicted molar refractivity (Wildman–Crippen MR) is 134 cm³/mol. The van der Waals surface area contributed by atoms with Gasteiger partial charge >= 0.3 is 5.97 Å². The molecule has 1 aromatic heterocycles. The highest BCUT2D eigenvalue weighted by atomic mass is 16.5. The molecule has 0 saturated heterocycles. The van der Waals surface area contributed by atoms with Gasteiger partial charge in [-0.15, -0.1) is 0 Å². The first-order valence-electron chi connectivity index (χ1n) is 11.5. The number of ether oxygens (including phenoxy) is 1. The number of esters is 1. The third kappa shape index (κ3) is 3.84. The van der Waals surface area contributed by atoms with Gasteiger partial charge in [-0.2, -0.15) is 0 Å². The minimum Gasteiger partial charge on any atom is -0.503 e. The molecule has 0 radical (unpaired) electrons. The van der Waals surface area contributed by atoms with Crippen LogP contribution in [-0.4, -0.2) is 29.4 Å². The van der Waals surface area contributed by atoms with E-state index in [1.54, 1.807) is 49.4 Å². The molecule has 1 atom stereocenters. The first kappa shape index (κ1) is 23.1. The van der Waals surface area contributed by atoms with Crippen molar-refractivity contribution < 1.29 is 28.6 Å². The van der Waals surface area contributed by atoms with Gasteiger partial charge in [-0.1, -0.05) is 42.5 Å². The number of rotatable bonds is 6. The van der Waals surface area contributed by atoms with Crippen LogP contribution in [0.3, 0.4) is 0 Å². The highest BCUT2D eigenvalue weighted by Crippen LogP contribution is 2.43. The van der Waals surface area contributed by atoms with E-state index in [4.69, 9.17) is 9.15 Å². The molecule has 0 bridgehead atoms. The molecule has 0 spiro atoms. The number of Topliss-reactive ketones (excluding diaryl/α,β-unsaturated/α-hetero) is 1. The predicted octanol–water partition coefficient (Wildman–Crippen LogP) is 5.70. The number of ketones is 1. The summed E-state index contributed by atoms with van der Waals surface area (Å²) < 4.78 is 10.8. The van der Waals surface area contributed by atoms with Crippen LogP contribution in [0.4, 0.5) is 5.69 Å². The van der Waals surface area contributed by atoms with Crippen LogP contribution < -0.4 is 4.90 Å². The van der Waals surface area contributed by atoms with Gasteiger partial charge in [0.25, 0.3) is 5.91 Å². The molecule has 7 heteroatoms. The lowest BCUT2D eigenvalue weighted by atomic mass is 9.92. The lowest BCUT2D eigenvalue weighted by molar-refractivity contribution is -0.117. The van der Waals surface area contributed by atoms with Crippen LogP contribution in [0, 0.1) is 6.92 Å². The van der Waals surface area contributed by atoms with Crippen molar-refractivity contribution in [3.05, 3.63) is 113 Å². The number of aliphatic hydroxyl groups is 1. The quantitative estimate of drug-likeness (QED) is 0.280. The van der Waals surface area contributed by atoms with E-state index in [-0.39, 0.29) is 17.9 Å². The summed E-state index contributed by atoms with van der Waals surface area (Å²) in [7, 11) is 0. The number of para-hydroxylation sites is 1. The van der Waals surface area contributed by atoms with Crippen molar-refractivity contribution in [3.8, 4) is 0 Å². The molecule has 1 unspecified atom stereocenters. The third-order valence-corrected chi connectivity index (χ3v) is 6.24. The number of aliphatic hydroxyl groups excluding tert-OH is 1. The van der Waals surface area contributed by atoms with E-state index in [2.05, 4.69) is 0 Å². The summed E-state index contributed by atoms with van der Waals surface area (Å²) >= 11 is 0. The first-order chi connectivity index (χ1) is 17.4. The maximum Gasteiger partial charge on any atom is 0.338 e. The van der Waals surface area contributed by atoms with Crippen LogP contribution in [0.15, 0.2) is 94.6 Å². The normalized spacial score (nSPS) is 15.6. The molecule has 7 nitrogen and oxygen atoms in total. The molecule has 3 aromatic carbocycles. The Hall–Kier alpha value is -4.65. The van der Waals surface area contributed by atoms with Gasteiger partial charge in [0.2, 0.25) is 5.78 Å². The van der Waals surface area contributed by atoms with Gasteiger partial charge in [-0.05, 0) is 61.4 Å². The van der Waals surface area contributed by atoms with Crippen molar-refractivity contribution in [1.29, 1.82) is 0 Å². The lowest BCUT2D eigenvalue weighted by Gasteiger charge is -2.28. The fourth-order valence-corrected chi connectivity index (χ4v) is 4.49. The Morgan fingerprint density at radius 1 is 1.00 bits per heavy atom. The van der Waals surface area contributed by atoms with Crippen molar-refractivity contribution in [3.63, 3.8) is 0 Å². The van der Waals surface area contributed by atoms with Gasteiger partial charge in [0.15, 0.2) is 11.5 Å². The lowest BCUT2D eigenvalue weighted by Crippen LogP contribution is -2.31. The minimum absolute atomic E-state index is 0.0312. The molecule has 1 N–H and O–H groups in total. The second-order valence-corrected chi connectivity index (χ2v) is 8.44. The molecule has 1 aliphatic rings. The smallest absolute Gasteiger partial charge is 0.338 e. The van der Waals surface area contributed by atoms with Crippen molar-refractivity contribution in [2.75, 3.05) is 11.5 Å². The molecular formula is C29H23NO6. The van der Waals surface area contributed by atoms with Crippen LogP contribution in [0.25, 0.3) is 11.0 Å². The molecular weight excluding hydrogens is 458 g/mol. The summed E-state index contributed by atoms with van der Waals surface area (Å²) in [5, 5.41) is 11.7. The summed E-state index contributed by atoms with van der Waals surface area (Å²) in [6.07, 6.45) is 0. The Balaban J connectivity index is 1.61. The Morgan fingerprint density at radius 3 is 2.39 bits per heavy atom. The summed E-state index contributed by atoms with van der Waals surface area (Å²) in [6.45, 7) is 3.84. The Kier molecular flexibility index (Phi) is 5.90. The van der Waals surface area contributed by atoms with Gasteiger partial charge in [0, 0.05) is 11.1 Å². The van der Waals surface area contributed by atoms with E-state index < -0.39 is 29.5 Å². The molecule has 1 aliphatic heterocycles. The van der Waals surface area contributed by atoms with E-state index >= 15 is 0 Å². The molecule has 36 heavy (non-hydrogen) atoms. The molecule has 4 aromatic rings. The summed E-state index contributed by atoms with van der Waals surface area (Å²) in [5.41, 5.74) is 2.74. The molecule has 2 heterocycles. The van der Waals surface area contributed by atoms with Crippen LogP contribution in [-0.2, 0) is 9.53 Å². The van der Waals surface area contributed by atoms with E-state index in [1.165, 1.54) is 4.90 Å². The summed E-state index contributed by atoms with van der Waals surface area (Å²) in [6, 6.07) is 21.6. The topological polar surface area (TPSA) is 97.0 Å². The number of nitrogens with zero attached hydrogens (tertiary/aromatic N) is 1. The van der Waals surface area contributed by atoms with E-state index in [0.717, 1.165) is 10.9 Å².